The molecule has 3 rings (SSSR count). The van der Waals surface area contributed by atoms with Gasteiger partial charge in [-0.1, -0.05) is 12.1 Å². The van der Waals surface area contributed by atoms with Gasteiger partial charge in [-0.2, -0.15) is 0 Å². The summed E-state index contributed by atoms with van der Waals surface area (Å²) in [5.74, 6) is 1.57. The van der Waals surface area contributed by atoms with Gasteiger partial charge in [0.1, 0.15) is 17.5 Å². The quantitative estimate of drug-likeness (QED) is 0.937. The lowest BCUT2D eigenvalue weighted by molar-refractivity contribution is -0.127. The number of halogens is 1. The minimum Gasteiger partial charge on any atom is -0.366 e. The predicted molar refractivity (Wildman–Crippen MR) is 90.1 cm³/mol. The van der Waals surface area contributed by atoms with E-state index in [-0.39, 0.29) is 17.6 Å². The molecule has 0 bridgehead atoms. The van der Waals surface area contributed by atoms with E-state index in [0.29, 0.717) is 13.1 Å². The van der Waals surface area contributed by atoms with Crippen LogP contribution in [-0.2, 0) is 11.3 Å². The molecule has 1 unspecified atom stereocenters. The second-order valence-electron chi connectivity index (χ2n) is 6.18. The van der Waals surface area contributed by atoms with Crippen molar-refractivity contribution in [2.24, 2.45) is 0 Å². The molecule has 1 aromatic carbocycles. The van der Waals surface area contributed by atoms with Gasteiger partial charge in [-0.05, 0) is 31.0 Å². The lowest BCUT2D eigenvalue weighted by Gasteiger charge is -2.14. The molecule has 24 heavy (non-hydrogen) atoms. The van der Waals surface area contributed by atoms with Crippen LogP contribution in [0, 0.1) is 12.7 Å². The van der Waals surface area contributed by atoms with E-state index >= 15 is 0 Å². The summed E-state index contributed by atoms with van der Waals surface area (Å²) in [6.45, 7) is 5.54. The zero-order valence-electron chi connectivity index (χ0n) is 13.9. The third-order valence-electron chi connectivity index (χ3n) is 4.26. The summed E-state index contributed by atoms with van der Waals surface area (Å²) in [6.07, 6.45) is 0.889. The van der Waals surface area contributed by atoms with E-state index < -0.39 is 0 Å². The molecule has 1 N–H and O–H groups in total. The number of nitrogens with one attached hydrogen (secondary N) is 1. The lowest BCUT2D eigenvalue weighted by Crippen LogP contribution is -2.25. The topological polar surface area (TPSA) is 58.1 Å². The van der Waals surface area contributed by atoms with E-state index in [9.17, 15) is 9.18 Å². The number of anilines is 1. The van der Waals surface area contributed by atoms with Crippen molar-refractivity contribution in [3.05, 3.63) is 53.2 Å². The summed E-state index contributed by atoms with van der Waals surface area (Å²) in [4.78, 5) is 22.5. The Hall–Kier alpha value is -2.50. The molecule has 1 atom stereocenters. The van der Waals surface area contributed by atoms with E-state index in [0.717, 1.165) is 35.9 Å². The molecule has 1 fully saturated rings. The number of benzene rings is 1. The number of hydrogen-bond donors (Lipinski definition) is 1. The highest BCUT2D eigenvalue weighted by Gasteiger charge is 2.27. The first-order chi connectivity index (χ1) is 11.5. The van der Waals surface area contributed by atoms with Crippen LogP contribution < -0.4 is 5.32 Å². The van der Waals surface area contributed by atoms with Crippen molar-refractivity contribution in [3.63, 3.8) is 0 Å². The van der Waals surface area contributed by atoms with Gasteiger partial charge in [0.2, 0.25) is 5.91 Å². The molecule has 0 spiro atoms. The SMILES string of the molecule is CC(=O)N1CCC(c2nc(C)cc(NCc3ccc(F)cc3)n2)C1. The number of nitrogens with zero attached hydrogens (tertiary/aromatic N) is 3. The summed E-state index contributed by atoms with van der Waals surface area (Å²) in [5.41, 5.74) is 1.88. The molecule has 1 aromatic heterocycles. The van der Waals surface area contributed by atoms with Gasteiger partial charge < -0.3 is 10.2 Å². The molecule has 1 amide bonds. The molecule has 6 heteroatoms. The number of aryl methyl sites for hydroxylation is 1. The molecule has 0 radical (unpaired) electrons. The molecule has 5 nitrogen and oxygen atoms in total. The van der Waals surface area contributed by atoms with Gasteiger partial charge in [-0.15, -0.1) is 0 Å². The second kappa shape index (κ2) is 6.95. The number of rotatable bonds is 4. The Morgan fingerprint density at radius 2 is 2.08 bits per heavy atom. The zero-order chi connectivity index (χ0) is 17.1. The van der Waals surface area contributed by atoms with Crippen LogP contribution in [0.15, 0.2) is 30.3 Å². The molecular formula is C18H21FN4O. The van der Waals surface area contributed by atoms with Gasteiger partial charge in [-0.25, -0.2) is 14.4 Å². The Morgan fingerprint density at radius 1 is 1.33 bits per heavy atom. The fraction of sp³-hybridized carbons (Fsp3) is 0.389. The average Bonchev–Trinajstić information content (AvgIpc) is 3.04. The molecule has 1 saturated heterocycles. The van der Waals surface area contributed by atoms with Crippen LogP contribution in [-0.4, -0.2) is 33.9 Å². The van der Waals surface area contributed by atoms with Crippen LogP contribution in [0.2, 0.25) is 0 Å². The van der Waals surface area contributed by atoms with Gasteiger partial charge in [0.05, 0.1) is 0 Å². The third-order valence-corrected chi connectivity index (χ3v) is 4.26. The van der Waals surface area contributed by atoms with Crippen LogP contribution in [0.3, 0.4) is 0 Å². The normalized spacial score (nSPS) is 17.1. The Bertz CT molecular complexity index is 732. The number of aromatic nitrogens is 2. The molecule has 0 aliphatic carbocycles. The highest BCUT2D eigenvalue weighted by Crippen LogP contribution is 2.26. The maximum absolute atomic E-state index is 12.9. The highest BCUT2D eigenvalue weighted by atomic mass is 19.1. The van der Waals surface area contributed by atoms with Gasteiger partial charge in [-0.3, -0.25) is 4.79 Å². The van der Waals surface area contributed by atoms with E-state index in [2.05, 4.69) is 15.3 Å². The van der Waals surface area contributed by atoms with Crippen LogP contribution in [0.5, 0.6) is 0 Å². The van der Waals surface area contributed by atoms with Crippen molar-refractivity contribution in [1.29, 1.82) is 0 Å². The largest absolute Gasteiger partial charge is 0.366 e. The molecule has 1 aliphatic heterocycles. The number of carbonyl (C=O) groups is 1. The van der Waals surface area contributed by atoms with E-state index in [1.54, 1.807) is 19.1 Å². The standard InChI is InChI=1S/C18H21FN4O/c1-12-9-17(20-10-14-3-5-16(19)6-4-14)22-18(21-12)15-7-8-23(11-15)13(2)24/h3-6,9,15H,7-8,10-11H2,1-2H3,(H,20,21,22). The predicted octanol–water partition coefficient (Wildman–Crippen LogP) is 2.87. The van der Waals surface area contributed by atoms with Gasteiger partial charge in [0.25, 0.3) is 0 Å². The minimum atomic E-state index is -0.241. The molecule has 126 valence electrons. The van der Waals surface area contributed by atoms with Gasteiger partial charge >= 0.3 is 0 Å². The fourth-order valence-electron chi connectivity index (χ4n) is 2.92. The molecule has 2 aromatic rings. The van der Waals surface area contributed by atoms with Crippen molar-refractivity contribution in [2.45, 2.75) is 32.7 Å². The number of likely N-dealkylation sites (tertiary alicyclic amines) is 1. The van der Waals surface area contributed by atoms with Gasteiger partial charge in [0.15, 0.2) is 0 Å². The highest BCUT2D eigenvalue weighted by molar-refractivity contribution is 5.73. The Morgan fingerprint density at radius 3 is 2.75 bits per heavy atom. The first-order valence-corrected chi connectivity index (χ1v) is 8.10. The number of carbonyl (C=O) groups excluding carboxylic acids is 1. The first-order valence-electron chi connectivity index (χ1n) is 8.10. The first kappa shape index (κ1) is 16.4. The van der Waals surface area contributed by atoms with Crippen LogP contribution in [0.1, 0.15) is 36.3 Å². The van der Waals surface area contributed by atoms with Crippen molar-refractivity contribution in [2.75, 3.05) is 18.4 Å². The summed E-state index contributed by atoms with van der Waals surface area (Å²) in [5, 5.41) is 3.26. The Balaban J connectivity index is 1.70. The van der Waals surface area contributed by atoms with Crippen molar-refractivity contribution in [1.82, 2.24) is 14.9 Å². The minimum absolute atomic E-state index is 0.0970. The molecule has 2 heterocycles. The van der Waals surface area contributed by atoms with Gasteiger partial charge in [0, 0.05) is 44.2 Å². The van der Waals surface area contributed by atoms with E-state index in [4.69, 9.17) is 0 Å². The van der Waals surface area contributed by atoms with Crippen molar-refractivity contribution >= 4 is 11.7 Å². The van der Waals surface area contributed by atoms with E-state index in [1.807, 2.05) is 17.9 Å². The average molecular weight is 328 g/mol. The monoisotopic (exact) mass is 328 g/mol. The molecule has 0 saturated carbocycles. The zero-order valence-corrected chi connectivity index (χ0v) is 13.9. The van der Waals surface area contributed by atoms with Crippen LogP contribution >= 0.6 is 0 Å². The summed E-state index contributed by atoms with van der Waals surface area (Å²) in [7, 11) is 0. The Labute approximate surface area is 140 Å². The maximum atomic E-state index is 12.9. The van der Waals surface area contributed by atoms with Crippen molar-refractivity contribution < 1.29 is 9.18 Å². The third kappa shape index (κ3) is 3.88. The molecular weight excluding hydrogens is 307 g/mol. The Kier molecular flexibility index (Phi) is 4.74. The summed E-state index contributed by atoms with van der Waals surface area (Å²) < 4.78 is 12.9. The maximum Gasteiger partial charge on any atom is 0.219 e. The summed E-state index contributed by atoms with van der Waals surface area (Å²) >= 11 is 0. The smallest absolute Gasteiger partial charge is 0.219 e. The van der Waals surface area contributed by atoms with E-state index in [1.165, 1.54) is 12.1 Å². The lowest BCUT2D eigenvalue weighted by atomic mass is 10.1. The second-order valence-corrected chi connectivity index (χ2v) is 6.18. The van der Waals surface area contributed by atoms with Crippen LogP contribution in [0.4, 0.5) is 10.2 Å². The fourth-order valence-corrected chi connectivity index (χ4v) is 2.92. The number of amides is 1. The van der Waals surface area contributed by atoms with Crippen LogP contribution in [0.25, 0.3) is 0 Å². The van der Waals surface area contributed by atoms with Crippen molar-refractivity contribution in [3.8, 4) is 0 Å². The summed E-state index contributed by atoms with van der Waals surface area (Å²) in [6, 6.07) is 8.29. The number of hydrogen-bond acceptors (Lipinski definition) is 4. The molecule has 1 aliphatic rings.